The maximum absolute atomic E-state index is 14.3. The van der Waals surface area contributed by atoms with Crippen LogP contribution in [0.25, 0.3) is 5.70 Å². The average Bonchev–Trinajstić information content (AvgIpc) is 2.48. The molecule has 1 radical (unpaired) electrons. The van der Waals surface area contributed by atoms with Gasteiger partial charge in [-0.3, -0.25) is 4.79 Å². The maximum Gasteiger partial charge on any atom is 0.235 e. The van der Waals surface area contributed by atoms with Crippen molar-refractivity contribution in [3.63, 3.8) is 0 Å². The third-order valence-electron chi connectivity index (χ3n) is 3.11. The summed E-state index contributed by atoms with van der Waals surface area (Å²) in [7, 11) is 0. The minimum Gasteiger partial charge on any atom is -0.483 e. The Labute approximate surface area is 173 Å². The smallest absolute Gasteiger partial charge is 0.235 e. The van der Waals surface area contributed by atoms with Crippen LogP contribution in [0.5, 0.6) is 5.75 Å². The summed E-state index contributed by atoms with van der Waals surface area (Å²) in [5.41, 5.74) is 0.925. The Morgan fingerprint density at radius 1 is 1.55 bits per heavy atom. The molecule has 22 heavy (non-hydrogen) atoms. The molecular formula is C15H16FINO2SY-. The van der Waals surface area contributed by atoms with Gasteiger partial charge in [-0.1, -0.05) is 29.0 Å². The molecule has 1 aliphatic rings. The molecule has 0 N–H and O–H groups in total. The summed E-state index contributed by atoms with van der Waals surface area (Å²) in [5.74, 6) is 0.579. The van der Waals surface area contributed by atoms with Crippen LogP contribution in [0.3, 0.4) is 0 Å². The third kappa shape index (κ3) is 4.68. The second kappa shape index (κ2) is 9.59. The van der Waals surface area contributed by atoms with Gasteiger partial charge in [0.15, 0.2) is 0 Å². The van der Waals surface area contributed by atoms with Gasteiger partial charge in [0.05, 0.1) is 9.74 Å². The average molecular weight is 509 g/mol. The third-order valence-corrected chi connectivity index (χ3v) is 4.43. The number of hydrogen-bond acceptors (Lipinski definition) is 3. The number of rotatable bonds is 5. The zero-order valence-corrected chi connectivity index (χ0v) is 18.2. The quantitative estimate of drug-likeness (QED) is 0.263. The van der Waals surface area contributed by atoms with Crippen LogP contribution in [0.4, 0.5) is 4.39 Å². The number of nitrogens with zero attached hydrogens (tertiary/aromatic N) is 1. The molecule has 0 fully saturated rings. The van der Waals surface area contributed by atoms with Gasteiger partial charge in [-0.2, -0.15) is 0 Å². The topological polar surface area (TPSA) is 29.5 Å². The number of benzene rings is 1. The van der Waals surface area contributed by atoms with E-state index in [2.05, 4.69) is 28.7 Å². The second-order valence-corrected chi connectivity index (χ2v) is 6.79. The van der Waals surface area contributed by atoms with E-state index in [1.165, 1.54) is 17.8 Å². The van der Waals surface area contributed by atoms with E-state index >= 15 is 0 Å². The molecule has 0 aromatic heterocycles. The van der Waals surface area contributed by atoms with Gasteiger partial charge < -0.3 is 9.64 Å². The standard InChI is InChI=1S/C15H16FINO2S.Y/c1-3-18-14(7-6-13(17)15(18)19)11-5-4-10(8-12(11)16)20-9-21-2;/h4-5,8,13H,3,6,9H2,1-2H3;/q-1;. The first-order chi connectivity index (χ1) is 10.1. The molecule has 1 aromatic carbocycles. The Kier molecular flexibility index (Phi) is 8.89. The Balaban J connectivity index is 0.00000242. The summed E-state index contributed by atoms with van der Waals surface area (Å²) in [6, 6.07) is 4.73. The molecule has 3 nitrogen and oxygen atoms in total. The Morgan fingerprint density at radius 3 is 2.86 bits per heavy atom. The molecule has 2 rings (SSSR count). The summed E-state index contributed by atoms with van der Waals surface area (Å²) in [6.07, 6.45) is 5.57. The van der Waals surface area contributed by atoms with Gasteiger partial charge in [0.1, 0.15) is 11.7 Å². The van der Waals surface area contributed by atoms with Gasteiger partial charge in [0, 0.05) is 39.3 Å². The van der Waals surface area contributed by atoms with E-state index in [1.54, 1.807) is 17.0 Å². The van der Waals surface area contributed by atoms with E-state index in [0.29, 0.717) is 35.9 Å². The minimum atomic E-state index is -0.394. The normalized spacial score (nSPS) is 17.8. The molecule has 0 aliphatic carbocycles. The molecule has 1 atom stereocenters. The summed E-state index contributed by atoms with van der Waals surface area (Å²) >= 11 is 3.62. The van der Waals surface area contributed by atoms with E-state index in [-0.39, 0.29) is 42.5 Å². The van der Waals surface area contributed by atoms with E-state index in [1.807, 2.05) is 13.2 Å². The van der Waals surface area contributed by atoms with Crippen LogP contribution in [0, 0.1) is 11.9 Å². The molecule has 117 valence electrons. The number of carbonyl (C=O) groups excluding carboxylic acids is 1. The monoisotopic (exact) mass is 509 g/mol. The molecule has 1 heterocycles. The van der Waals surface area contributed by atoms with Crippen molar-refractivity contribution >= 4 is 46.0 Å². The van der Waals surface area contributed by atoms with Crippen molar-refractivity contribution < 1.29 is 46.6 Å². The Hall–Kier alpha value is 0.344. The van der Waals surface area contributed by atoms with E-state index < -0.39 is 5.82 Å². The van der Waals surface area contributed by atoms with Crippen molar-refractivity contribution in [2.75, 3.05) is 18.7 Å². The molecule has 1 amide bonds. The van der Waals surface area contributed by atoms with Gasteiger partial charge in [-0.15, -0.1) is 29.1 Å². The van der Waals surface area contributed by atoms with Crippen molar-refractivity contribution in [1.82, 2.24) is 4.90 Å². The molecule has 1 aromatic rings. The summed E-state index contributed by atoms with van der Waals surface area (Å²) in [5, 5.41) is 0. The van der Waals surface area contributed by atoms with Crippen molar-refractivity contribution in [3.05, 3.63) is 35.7 Å². The van der Waals surface area contributed by atoms with Crippen molar-refractivity contribution in [2.45, 2.75) is 17.3 Å². The molecule has 0 spiro atoms. The Morgan fingerprint density at radius 2 is 2.27 bits per heavy atom. The van der Waals surface area contributed by atoms with Crippen LogP contribution < -0.4 is 4.74 Å². The molecule has 1 aliphatic heterocycles. The first-order valence-electron chi connectivity index (χ1n) is 6.56. The molecular weight excluding hydrogens is 493 g/mol. The molecule has 0 bridgehead atoms. The SMILES string of the molecule is CCN1C(=O)C(I)C[C-]=C1c1ccc(OCSC)cc1F.[Y]. The predicted molar refractivity (Wildman–Crippen MR) is 91.9 cm³/mol. The van der Waals surface area contributed by atoms with Crippen LogP contribution in [-0.4, -0.2) is 33.5 Å². The van der Waals surface area contributed by atoms with Gasteiger partial charge in [0.2, 0.25) is 5.91 Å². The number of amides is 1. The fourth-order valence-corrected chi connectivity index (χ4v) is 2.92. The number of thioether (sulfide) groups is 1. The Bertz CT molecular complexity index is 570. The summed E-state index contributed by atoms with van der Waals surface area (Å²) in [4.78, 5) is 13.8. The molecule has 1 unspecified atom stereocenters. The number of carbonyl (C=O) groups is 1. The largest absolute Gasteiger partial charge is 0.483 e. The maximum atomic E-state index is 14.3. The molecule has 0 saturated heterocycles. The number of alkyl halides is 1. The number of allylic oxidation sites excluding steroid dienone is 1. The van der Waals surface area contributed by atoms with E-state index in [9.17, 15) is 9.18 Å². The fraction of sp³-hybridized carbons (Fsp3) is 0.400. The number of halogens is 2. The second-order valence-electron chi connectivity index (χ2n) is 4.47. The number of hydrogen-bond donors (Lipinski definition) is 0. The van der Waals surface area contributed by atoms with Gasteiger partial charge in [-0.05, 0) is 25.3 Å². The van der Waals surface area contributed by atoms with Gasteiger partial charge in [-0.25, -0.2) is 10.5 Å². The first kappa shape index (κ1) is 20.4. The van der Waals surface area contributed by atoms with Crippen LogP contribution in [-0.2, 0) is 37.5 Å². The summed E-state index contributed by atoms with van der Waals surface area (Å²) in [6.45, 7) is 2.38. The van der Waals surface area contributed by atoms with Gasteiger partial charge in [0.25, 0.3) is 0 Å². The molecule has 7 heteroatoms. The first-order valence-corrected chi connectivity index (χ1v) is 9.20. The van der Waals surface area contributed by atoms with Crippen LogP contribution in [0.2, 0.25) is 0 Å². The van der Waals surface area contributed by atoms with Crippen LogP contribution >= 0.6 is 34.4 Å². The van der Waals surface area contributed by atoms with Crippen molar-refractivity contribution in [1.29, 1.82) is 0 Å². The van der Waals surface area contributed by atoms with Crippen LogP contribution in [0.1, 0.15) is 18.9 Å². The summed E-state index contributed by atoms with van der Waals surface area (Å²) < 4.78 is 19.6. The zero-order chi connectivity index (χ0) is 15.4. The fourth-order valence-electron chi connectivity index (χ4n) is 2.11. The zero-order valence-electron chi connectivity index (χ0n) is 12.4. The molecule has 0 saturated carbocycles. The van der Waals surface area contributed by atoms with Crippen molar-refractivity contribution in [3.8, 4) is 5.75 Å². The van der Waals surface area contributed by atoms with Gasteiger partial charge >= 0.3 is 0 Å². The van der Waals surface area contributed by atoms with E-state index in [4.69, 9.17) is 4.74 Å². The number of ether oxygens (including phenoxy) is 1. The minimum absolute atomic E-state index is 0. The predicted octanol–water partition coefficient (Wildman–Crippen LogP) is 3.72. The van der Waals surface area contributed by atoms with E-state index in [0.717, 1.165) is 0 Å². The van der Waals surface area contributed by atoms with Crippen LogP contribution in [0.15, 0.2) is 18.2 Å². The van der Waals surface area contributed by atoms with Crippen molar-refractivity contribution in [2.24, 2.45) is 0 Å².